The van der Waals surface area contributed by atoms with Crippen LogP contribution in [0.25, 0.3) is 0 Å². The Morgan fingerprint density at radius 3 is 2.58 bits per heavy atom. The van der Waals surface area contributed by atoms with Crippen molar-refractivity contribution in [1.82, 2.24) is 0 Å². The van der Waals surface area contributed by atoms with E-state index in [1.54, 1.807) is 19.1 Å². The maximum atomic E-state index is 10.7. The van der Waals surface area contributed by atoms with Crippen LogP contribution in [0.4, 0.5) is 5.69 Å². The first-order chi connectivity index (χ1) is 9.10. The third-order valence-corrected chi connectivity index (χ3v) is 2.73. The molecule has 0 atom stereocenters. The molecule has 2 aromatic rings. The monoisotopic (exact) mass is 258 g/mol. The van der Waals surface area contributed by atoms with Gasteiger partial charge in [0.2, 0.25) is 0 Å². The van der Waals surface area contributed by atoms with Crippen molar-refractivity contribution in [3.05, 3.63) is 63.7 Å². The van der Waals surface area contributed by atoms with E-state index in [1.807, 2.05) is 24.3 Å². The van der Waals surface area contributed by atoms with Crippen molar-refractivity contribution in [2.24, 2.45) is 5.73 Å². The van der Waals surface area contributed by atoms with E-state index in [4.69, 9.17) is 10.5 Å². The van der Waals surface area contributed by atoms with E-state index in [0.29, 0.717) is 23.6 Å². The molecule has 0 fully saturated rings. The third kappa shape index (κ3) is 3.08. The lowest BCUT2D eigenvalue weighted by atomic mass is 10.2. The normalized spacial score (nSPS) is 10.2. The summed E-state index contributed by atoms with van der Waals surface area (Å²) in [5.41, 5.74) is 7.18. The fraction of sp³-hybridized carbons (Fsp3) is 0.143. The largest absolute Gasteiger partial charge is 0.457 e. The van der Waals surface area contributed by atoms with E-state index in [2.05, 4.69) is 0 Å². The number of nitro benzene ring substituents is 1. The Morgan fingerprint density at radius 2 is 1.95 bits per heavy atom. The van der Waals surface area contributed by atoms with Crippen molar-refractivity contribution in [2.45, 2.75) is 13.5 Å². The minimum atomic E-state index is -0.409. The van der Waals surface area contributed by atoms with E-state index in [1.165, 1.54) is 6.07 Å². The van der Waals surface area contributed by atoms with Crippen LogP contribution in [0.1, 0.15) is 11.1 Å². The Hall–Kier alpha value is -2.40. The molecule has 5 nitrogen and oxygen atoms in total. The molecule has 0 saturated carbocycles. The highest BCUT2D eigenvalue weighted by Gasteiger charge is 2.10. The molecular weight excluding hydrogens is 244 g/mol. The number of nitrogens with two attached hydrogens (primary N) is 1. The molecule has 0 aliphatic rings. The van der Waals surface area contributed by atoms with Gasteiger partial charge in [-0.2, -0.15) is 0 Å². The highest BCUT2D eigenvalue weighted by atomic mass is 16.6. The molecule has 0 spiro atoms. The Labute approximate surface area is 110 Å². The van der Waals surface area contributed by atoms with Gasteiger partial charge in [0, 0.05) is 18.2 Å². The number of benzene rings is 2. The molecule has 19 heavy (non-hydrogen) atoms. The highest BCUT2D eigenvalue weighted by molar-refractivity contribution is 5.45. The summed E-state index contributed by atoms with van der Waals surface area (Å²) in [5.74, 6) is 1.23. The summed E-state index contributed by atoms with van der Waals surface area (Å²) in [6, 6.07) is 12.1. The van der Waals surface area contributed by atoms with Gasteiger partial charge in [0.25, 0.3) is 5.69 Å². The molecule has 0 radical (unpaired) electrons. The van der Waals surface area contributed by atoms with Crippen LogP contribution in [0.15, 0.2) is 42.5 Å². The maximum absolute atomic E-state index is 10.7. The zero-order valence-electron chi connectivity index (χ0n) is 10.5. The Bertz CT molecular complexity index is 611. The second-order valence-corrected chi connectivity index (χ2v) is 4.16. The van der Waals surface area contributed by atoms with Crippen LogP contribution >= 0.6 is 0 Å². The van der Waals surface area contributed by atoms with Gasteiger partial charge < -0.3 is 10.5 Å². The quantitative estimate of drug-likeness (QED) is 0.675. The molecule has 0 unspecified atom stereocenters. The van der Waals surface area contributed by atoms with Crippen molar-refractivity contribution < 1.29 is 9.66 Å². The molecule has 2 N–H and O–H groups in total. The topological polar surface area (TPSA) is 78.4 Å². The van der Waals surface area contributed by atoms with Crippen molar-refractivity contribution in [1.29, 1.82) is 0 Å². The molecule has 0 heterocycles. The highest BCUT2D eigenvalue weighted by Crippen LogP contribution is 2.27. The van der Waals surface area contributed by atoms with Crippen molar-refractivity contribution >= 4 is 5.69 Å². The van der Waals surface area contributed by atoms with Gasteiger partial charge in [0.1, 0.15) is 11.5 Å². The van der Waals surface area contributed by atoms with Crippen LogP contribution < -0.4 is 10.5 Å². The van der Waals surface area contributed by atoms with E-state index >= 15 is 0 Å². The second-order valence-electron chi connectivity index (χ2n) is 4.16. The van der Waals surface area contributed by atoms with Crippen molar-refractivity contribution in [2.75, 3.05) is 0 Å². The van der Waals surface area contributed by atoms with Gasteiger partial charge >= 0.3 is 0 Å². The summed E-state index contributed by atoms with van der Waals surface area (Å²) in [6.07, 6.45) is 0. The molecule has 98 valence electrons. The fourth-order valence-corrected chi connectivity index (χ4v) is 1.77. The molecule has 2 rings (SSSR count). The first-order valence-corrected chi connectivity index (χ1v) is 5.82. The van der Waals surface area contributed by atoms with Crippen LogP contribution in [0.5, 0.6) is 11.5 Å². The lowest BCUT2D eigenvalue weighted by molar-refractivity contribution is -0.385. The average molecular weight is 258 g/mol. The number of ether oxygens (including phenoxy) is 1. The minimum absolute atomic E-state index is 0.0862. The Kier molecular flexibility index (Phi) is 3.77. The van der Waals surface area contributed by atoms with Crippen molar-refractivity contribution in [3.8, 4) is 11.5 Å². The van der Waals surface area contributed by atoms with Gasteiger partial charge in [0.15, 0.2) is 0 Å². The van der Waals surface area contributed by atoms with Gasteiger partial charge in [0.05, 0.1) is 4.92 Å². The van der Waals surface area contributed by atoms with Gasteiger partial charge in [-0.15, -0.1) is 0 Å². The van der Waals surface area contributed by atoms with Crippen LogP contribution in [0, 0.1) is 17.0 Å². The first-order valence-electron chi connectivity index (χ1n) is 5.82. The van der Waals surface area contributed by atoms with Gasteiger partial charge in [-0.25, -0.2) is 0 Å². The van der Waals surface area contributed by atoms with Gasteiger partial charge in [-0.1, -0.05) is 12.1 Å². The van der Waals surface area contributed by atoms with Crippen LogP contribution in [-0.2, 0) is 6.54 Å². The molecule has 0 aromatic heterocycles. The third-order valence-electron chi connectivity index (χ3n) is 2.73. The number of nitrogens with zero attached hydrogens (tertiary/aromatic N) is 1. The Morgan fingerprint density at radius 1 is 1.21 bits per heavy atom. The maximum Gasteiger partial charge on any atom is 0.272 e. The molecule has 0 aliphatic carbocycles. The lowest BCUT2D eigenvalue weighted by Crippen LogP contribution is -1.96. The van der Waals surface area contributed by atoms with Crippen LogP contribution in [0.3, 0.4) is 0 Å². The summed E-state index contributed by atoms with van der Waals surface area (Å²) in [4.78, 5) is 10.3. The fourth-order valence-electron chi connectivity index (χ4n) is 1.77. The zero-order chi connectivity index (χ0) is 13.8. The van der Waals surface area contributed by atoms with E-state index < -0.39 is 4.92 Å². The molecule has 0 saturated heterocycles. The minimum Gasteiger partial charge on any atom is -0.457 e. The Balaban J connectivity index is 2.23. The number of nitro groups is 1. The summed E-state index contributed by atoms with van der Waals surface area (Å²) in [5, 5.41) is 10.7. The standard InChI is InChI=1S/C14H14N2O3/c1-10-7-13(5-6-14(10)16(17)18)19-12-4-2-3-11(8-12)9-15/h2-8H,9,15H2,1H3. The SMILES string of the molecule is Cc1cc(Oc2cccc(CN)c2)ccc1[N+](=O)[O-]. The predicted octanol–water partition coefficient (Wildman–Crippen LogP) is 3.15. The average Bonchev–Trinajstić information content (AvgIpc) is 2.38. The summed E-state index contributed by atoms with van der Waals surface area (Å²) >= 11 is 0. The number of aryl methyl sites for hydroxylation is 1. The first kappa shape index (κ1) is 13.0. The van der Waals surface area contributed by atoms with E-state index in [0.717, 1.165) is 5.56 Å². The zero-order valence-corrected chi connectivity index (χ0v) is 10.5. The number of rotatable bonds is 4. The predicted molar refractivity (Wildman–Crippen MR) is 72.2 cm³/mol. The molecular formula is C14H14N2O3. The molecule has 2 aromatic carbocycles. The van der Waals surface area contributed by atoms with Gasteiger partial charge in [-0.05, 0) is 36.8 Å². The molecule has 0 aliphatic heterocycles. The number of hydrogen-bond acceptors (Lipinski definition) is 4. The van der Waals surface area contributed by atoms with Gasteiger partial charge in [-0.3, -0.25) is 10.1 Å². The van der Waals surface area contributed by atoms with Crippen LogP contribution in [0.2, 0.25) is 0 Å². The second kappa shape index (κ2) is 5.49. The molecule has 0 bridgehead atoms. The summed E-state index contributed by atoms with van der Waals surface area (Å²) < 4.78 is 5.66. The number of hydrogen-bond donors (Lipinski definition) is 1. The van der Waals surface area contributed by atoms with E-state index in [9.17, 15) is 10.1 Å². The summed E-state index contributed by atoms with van der Waals surface area (Å²) in [6.45, 7) is 2.12. The summed E-state index contributed by atoms with van der Waals surface area (Å²) in [7, 11) is 0. The lowest BCUT2D eigenvalue weighted by Gasteiger charge is -2.07. The molecule has 5 heteroatoms. The van der Waals surface area contributed by atoms with Crippen molar-refractivity contribution in [3.63, 3.8) is 0 Å². The van der Waals surface area contributed by atoms with E-state index in [-0.39, 0.29) is 5.69 Å². The van der Waals surface area contributed by atoms with Crippen LogP contribution in [-0.4, -0.2) is 4.92 Å². The molecule has 0 amide bonds. The smallest absolute Gasteiger partial charge is 0.272 e.